The van der Waals surface area contributed by atoms with E-state index in [-0.39, 0.29) is 42.7 Å². The molecule has 0 fully saturated rings. The van der Waals surface area contributed by atoms with E-state index in [1.807, 2.05) is 62.5 Å². The van der Waals surface area contributed by atoms with Gasteiger partial charge in [-0.15, -0.1) is 24.8 Å². The molecule has 152 valence electrons. The van der Waals surface area contributed by atoms with Crippen LogP contribution in [-0.2, 0) is 18.3 Å². The van der Waals surface area contributed by atoms with Crippen molar-refractivity contribution >= 4 is 41.8 Å². The van der Waals surface area contributed by atoms with Crippen LogP contribution in [0.4, 0.5) is 0 Å². The molecular formula is C21H28Cl2N4O. The minimum absolute atomic E-state index is 0. The van der Waals surface area contributed by atoms with Crippen molar-refractivity contribution in [2.75, 3.05) is 6.54 Å². The van der Waals surface area contributed by atoms with Gasteiger partial charge in [-0.1, -0.05) is 49.4 Å². The third-order valence-electron chi connectivity index (χ3n) is 4.89. The summed E-state index contributed by atoms with van der Waals surface area (Å²) in [6.07, 6.45) is 1.67. The van der Waals surface area contributed by atoms with Gasteiger partial charge in [0.15, 0.2) is 0 Å². The van der Waals surface area contributed by atoms with E-state index < -0.39 is 0 Å². The normalized spacial score (nSPS) is 12.5. The van der Waals surface area contributed by atoms with Gasteiger partial charge in [0, 0.05) is 26.1 Å². The van der Waals surface area contributed by atoms with Gasteiger partial charge in [0.2, 0.25) is 5.91 Å². The second-order valence-electron chi connectivity index (χ2n) is 6.70. The molecular weight excluding hydrogens is 395 g/mol. The first kappa shape index (κ1) is 24.0. The average Bonchev–Trinajstić information content (AvgIpc) is 3.00. The molecule has 2 aromatic carbocycles. The van der Waals surface area contributed by atoms with Crippen LogP contribution in [0.25, 0.3) is 11.0 Å². The molecule has 0 aliphatic heterocycles. The van der Waals surface area contributed by atoms with E-state index in [0.29, 0.717) is 6.54 Å². The fourth-order valence-electron chi connectivity index (χ4n) is 3.17. The summed E-state index contributed by atoms with van der Waals surface area (Å²) < 4.78 is 2.12. The Balaban J connectivity index is 0.00000196. The number of benzene rings is 2. The van der Waals surface area contributed by atoms with Crippen molar-refractivity contribution in [3.05, 3.63) is 66.0 Å². The maximum Gasteiger partial charge on any atom is 0.224 e. The summed E-state index contributed by atoms with van der Waals surface area (Å²) in [6, 6.07) is 17.6. The summed E-state index contributed by atoms with van der Waals surface area (Å²) in [5.41, 5.74) is 9.35. The van der Waals surface area contributed by atoms with Crippen LogP contribution in [-0.4, -0.2) is 22.0 Å². The Morgan fingerprint density at radius 3 is 2.43 bits per heavy atom. The zero-order valence-electron chi connectivity index (χ0n) is 16.2. The molecule has 3 aromatic rings. The predicted molar refractivity (Wildman–Crippen MR) is 119 cm³/mol. The van der Waals surface area contributed by atoms with Gasteiger partial charge in [0.1, 0.15) is 5.82 Å². The fraction of sp³-hybridized carbons (Fsp3) is 0.333. The molecule has 7 heteroatoms. The number of carbonyl (C=O) groups is 1. The molecule has 2 atom stereocenters. The minimum Gasteiger partial charge on any atom is -0.356 e. The first-order valence-electron chi connectivity index (χ1n) is 9.06. The van der Waals surface area contributed by atoms with Crippen LogP contribution in [0.3, 0.4) is 0 Å². The van der Waals surface area contributed by atoms with Gasteiger partial charge in [-0.05, 0) is 24.1 Å². The molecule has 0 radical (unpaired) electrons. The minimum atomic E-state index is -0.295. The SMILES string of the molecule is CC(C(=O)NCCCc1nc2ccccc2n1C)C(N)c1ccccc1.Cl.Cl. The van der Waals surface area contributed by atoms with Gasteiger partial charge < -0.3 is 15.6 Å². The number of hydrogen-bond donors (Lipinski definition) is 2. The number of nitrogens with zero attached hydrogens (tertiary/aromatic N) is 2. The van der Waals surface area contributed by atoms with E-state index in [4.69, 9.17) is 5.73 Å². The first-order valence-corrected chi connectivity index (χ1v) is 9.06. The Morgan fingerprint density at radius 1 is 1.11 bits per heavy atom. The highest BCUT2D eigenvalue weighted by molar-refractivity contribution is 5.85. The number of para-hydroxylation sites is 2. The topological polar surface area (TPSA) is 72.9 Å². The van der Waals surface area contributed by atoms with Gasteiger partial charge in [0.25, 0.3) is 0 Å². The highest BCUT2D eigenvalue weighted by atomic mass is 35.5. The van der Waals surface area contributed by atoms with Gasteiger partial charge in [0.05, 0.1) is 17.0 Å². The number of aryl methyl sites for hydroxylation is 2. The molecule has 3 N–H and O–H groups in total. The Labute approximate surface area is 178 Å². The Bertz CT molecular complexity index is 883. The monoisotopic (exact) mass is 422 g/mol. The zero-order chi connectivity index (χ0) is 18.5. The standard InChI is InChI=1S/C21H26N4O.2ClH/c1-15(20(22)16-9-4-3-5-10-16)21(26)23-14-8-13-19-24-17-11-6-7-12-18(17)25(19)2;;/h3-7,9-12,15,20H,8,13-14,22H2,1-2H3,(H,23,26);2*1H. The molecule has 0 saturated carbocycles. The van der Waals surface area contributed by atoms with Crippen molar-refractivity contribution in [2.45, 2.75) is 25.8 Å². The third-order valence-corrected chi connectivity index (χ3v) is 4.89. The second kappa shape index (κ2) is 11.1. The van der Waals surface area contributed by atoms with Crippen LogP contribution in [0.15, 0.2) is 54.6 Å². The summed E-state index contributed by atoms with van der Waals surface area (Å²) in [7, 11) is 2.03. The van der Waals surface area contributed by atoms with Crippen molar-refractivity contribution in [1.29, 1.82) is 0 Å². The molecule has 0 aliphatic rings. The third kappa shape index (κ3) is 5.47. The predicted octanol–water partition coefficient (Wildman–Crippen LogP) is 3.80. The van der Waals surface area contributed by atoms with Gasteiger partial charge in [-0.3, -0.25) is 4.79 Å². The number of fused-ring (bicyclic) bond motifs is 1. The van der Waals surface area contributed by atoms with Gasteiger partial charge in [-0.25, -0.2) is 4.98 Å². The largest absolute Gasteiger partial charge is 0.356 e. The van der Waals surface area contributed by atoms with Crippen LogP contribution in [0.5, 0.6) is 0 Å². The van der Waals surface area contributed by atoms with Crippen molar-refractivity contribution in [3.8, 4) is 0 Å². The Morgan fingerprint density at radius 2 is 1.75 bits per heavy atom. The lowest BCUT2D eigenvalue weighted by Gasteiger charge is -2.19. The van der Waals surface area contributed by atoms with Gasteiger partial charge >= 0.3 is 0 Å². The molecule has 0 bridgehead atoms. The number of imidazole rings is 1. The summed E-state index contributed by atoms with van der Waals surface area (Å²) in [5, 5.41) is 3.00. The number of halogens is 2. The number of nitrogens with one attached hydrogen (secondary N) is 1. The molecule has 3 rings (SSSR count). The summed E-state index contributed by atoms with van der Waals surface area (Å²) >= 11 is 0. The number of nitrogens with two attached hydrogens (primary N) is 1. The van der Waals surface area contributed by atoms with E-state index in [0.717, 1.165) is 35.3 Å². The van der Waals surface area contributed by atoms with Gasteiger partial charge in [-0.2, -0.15) is 0 Å². The van der Waals surface area contributed by atoms with Crippen molar-refractivity contribution in [2.24, 2.45) is 18.7 Å². The molecule has 1 heterocycles. The number of aromatic nitrogens is 2. The summed E-state index contributed by atoms with van der Waals surface area (Å²) in [6.45, 7) is 2.49. The lowest BCUT2D eigenvalue weighted by atomic mass is 9.94. The first-order chi connectivity index (χ1) is 12.6. The molecule has 0 aliphatic carbocycles. The molecule has 5 nitrogen and oxygen atoms in total. The van der Waals surface area contributed by atoms with Crippen LogP contribution in [0.2, 0.25) is 0 Å². The lowest BCUT2D eigenvalue weighted by Crippen LogP contribution is -2.36. The maximum atomic E-state index is 12.4. The molecule has 1 aromatic heterocycles. The number of amides is 1. The van der Waals surface area contributed by atoms with E-state index in [2.05, 4.69) is 20.9 Å². The number of carbonyl (C=O) groups excluding carboxylic acids is 1. The number of rotatable bonds is 7. The molecule has 28 heavy (non-hydrogen) atoms. The summed E-state index contributed by atoms with van der Waals surface area (Å²) in [5.74, 6) is 0.758. The molecule has 1 amide bonds. The molecule has 0 spiro atoms. The average molecular weight is 423 g/mol. The quantitative estimate of drug-likeness (QED) is 0.568. The van der Waals surface area contributed by atoms with Crippen LogP contribution >= 0.6 is 24.8 Å². The van der Waals surface area contributed by atoms with Crippen molar-refractivity contribution < 1.29 is 4.79 Å². The lowest BCUT2D eigenvalue weighted by molar-refractivity contribution is -0.125. The van der Waals surface area contributed by atoms with Crippen molar-refractivity contribution in [3.63, 3.8) is 0 Å². The Hall–Kier alpha value is -2.08. The van der Waals surface area contributed by atoms with E-state index >= 15 is 0 Å². The van der Waals surface area contributed by atoms with E-state index in [9.17, 15) is 4.79 Å². The highest BCUT2D eigenvalue weighted by Crippen LogP contribution is 2.19. The van der Waals surface area contributed by atoms with Crippen molar-refractivity contribution in [1.82, 2.24) is 14.9 Å². The maximum absolute atomic E-state index is 12.4. The Kier molecular flexibility index (Phi) is 9.46. The van der Waals surface area contributed by atoms with E-state index in [1.165, 1.54) is 0 Å². The zero-order valence-corrected chi connectivity index (χ0v) is 17.8. The highest BCUT2D eigenvalue weighted by Gasteiger charge is 2.21. The fourth-order valence-corrected chi connectivity index (χ4v) is 3.17. The van der Waals surface area contributed by atoms with Crippen LogP contribution < -0.4 is 11.1 Å². The summed E-state index contributed by atoms with van der Waals surface area (Å²) in [4.78, 5) is 17.0. The van der Waals surface area contributed by atoms with E-state index in [1.54, 1.807) is 0 Å². The molecule has 0 saturated heterocycles. The molecule has 2 unspecified atom stereocenters. The number of hydrogen-bond acceptors (Lipinski definition) is 3. The van der Waals surface area contributed by atoms with Crippen LogP contribution in [0.1, 0.15) is 30.8 Å². The smallest absolute Gasteiger partial charge is 0.224 e. The van der Waals surface area contributed by atoms with Crippen LogP contribution in [0, 0.1) is 5.92 Å². The second-order valence-corrected chi connectivity index (χ2v) is 6.70.